The SMILES string of the molecule is O=C(NCCc1cccs1)C1CCN(C(=O)c2ccc(Cl)cc2)CC1. The predicted molar refractivity (Wildman–Crippen MR) is 101 cm³/mol. The van der Waals surface area contributed by atoms with Gasteiger partial charge in [-0.3, -0.25) is 9.59 Å². The predicted octanol–water partition coefficient (Wildman–Crippen LogP) is 3.61. The van der Waals surface area contributed by atoms with Crippen LogP contribution in [-0.2, 0) is 11.2 Å². The van der Waals surface area contributed by atoms with E-state index in [-0.39, 0.29) is 17.7 Å². The first-order valence-corrected chi connectivity index (χ1v) is 9.74. The molecular formula is C19H21ClN2O2S. The van der Waals surface area contributed by atoms with Crippen LogP contribution in [0.1, 0.15) is 28.1 Å². The molecule has 2 aromatic rings. The van der Waals surface area contributed by atoms with Crippen LogP contribution in [0.5, 0.6) is 0 Å². The number of likely N-dealkylation sites (tertiary alicyclic amines) is 1. The molecule has 25 heavy (non-hydrogen) atoms. The van der Waals surface area contributed by atoms with Gasteiger partial charge in [-0.05, 0) is 55.0 Å². The number of rotatable bonds is 5. The van der Waals surface area contributed by atoms with Crippen LogP contribution in [-0.4, -0.2) is 36.3 Å². The molecule has 0 saturated carbocycles. The first-order valence-electron chi connectivity index (χ1n) is 8.48. The molecule has 1 fully saturated rings. The smallest absolute Gasteiger partial charge is 0.253 e. The Balaban J connectivity index is 1.43. The summed E-state index contributed by atoms with van der Waals surface area (Å²) < 4.78 is 0. The maximum atomic E-state index is 12.5. The third-order valence-electron chi connectivity index (χ3n) is 4.49. The Labute approximate surface area is 156 Å². The Morgan fingerprint density at radius 3 is 2.52 bits per heavy atom. The van der Waals surface area contributed by atoms with Crippen molar-refractivity contribution in [3.63, 3.8) is 0 Å². The molecule has 1 aliphatic rings. The minimum Gasteiger partial charge on any atom is -0.355 e. The standard InChI is InChI=1S/C19H21ClN2O2S/c20-16-5-3-15(4-6-16)19(24)22-11-8-14(9-12-22)18(23)21-10-7-17-2-1-13-25-17/h1-6,13-14H,7-12H2,(H,21,23). The number of carbonyl (C=O) groups excluding carboxylic acids is 2. The van der Waals surface area contributed by atoms with Crippen LogP contribution in [0, 0.1) is 5.92 Å². The van der Waals surface area contributed by atoms with Gasteiger partial charge in [0.2, 0.25) is 5.91 Å². The van der Waals surface area contributed by atoms with E-state index in [0.29, 0.717) is 43.1 Å². The molecule has 3 rings (SSSR count). The van der Waals surface area contributed by atoms with Crippen molar-refractivity contribution in [2.45, 2.75) is 19.3 Å². The number of hydrogen-bond acceptors (Lipinski definition) is 3. The summed E-state index contributed by atoms with van der Waals surface area (Å²) in [5.41, 5.74) is 0.642. The number of amides is 2. The highest BCUT2D eigenvalue weighted by atomic mass is 35.5. The lowest BCUT2D eigenvalue weighted by molar-refractivity contribution is -0.126. The zero-order valence-electron chi connectivity index (χ0n) is 13.9. The average Bonchev–Trinajstić information content (AvgIpc) is 3.15. The molecular weight excluding hydrogens is 356 g/mol. The molecule has 4 nitrogen and oxygen atoms in total. The highest BCUT2D eigenvalue weighted by molar-refractivity contribution is 7.09. The second kappa shape index (κ2) is 8.50. The van der Waals surface area contributed by atoms with Crippen molar-refractivity contribution >= 4 is 34.8 Å². The van der Waals surface area contributed by atoms with E-state index < -0.39 is 0 Å². The average molecular weight is 377 g/mol. The van der Waals surface area contributed by atoms with Gasteiger partial charge >= 0.3 is 0 Å². The van der Waals surface area contributed by atoms with Crippen molar-refractivity contribution in [3.8, 4) is 0 Å². The fraction of sp³-hybridized carbons (Fsp3) is 0.368. The number of halogens is 1. The molecule has 1 aliphatic heterocycles. The van der Waals surface area contributed by atoms with Gasteiger partial charge in [0, 0.05) is 41.0 Å². The van der Waals surface area contributed by atoms with Crippen LogP contribution in [0.2, 0.25) is 5.02 Å². The first kappa shape index (κ1) is 18.0. The van der Waals surface area contributed by atoms with E-state index in [0.717, 1.165) is 6.42 Å². The zero-order chi connectivity index (χ0) is 17.6. The van der Waals surface area contributed by atoms with Crippen molar-refractivity contribution in [2.75, 3.05) is 19.6 Å². The molecule has 0 unspecified atom stereocenters. The quantitative estimate of drug-likeness (QED) is 0.866. The fourth-order valence-electron chi connectivity index (χ4n) is 3.03. The van der Waals surface area contributed by atoms with Crippen molar-refractivity contribution < 1.29 is 9.59 Å². The minimum atomic E-state index is -0.00222. The summed E-state index contributed by atoms with van der Waals surface area (Å²) in [6.07, 6.45) is 2.30. The molecule has 2 amide bonds. The summed E-state index contributed by atoms with van der Waals surface area (Å²) in [5.74, 6) is 0.112. The van der Waals surface area contributed by atoms with Gasteiger partial charge in [-0.2, -0.15) is 0 Å². The minimum absolute atomic E-state index is 0.00222. The second-order valence-corrected chi connectivity index (χ2v) is 7.66. The Morgan fingerprint density at radius 1 is 1.16 bits per heavy atom. The summed E-state index contributed by atoms with van der Waals surface area (Å²) >= 11 is 7.57. The van der Waals surface area contributed by atoms with E-state index in [1.807, 2.05) is 16.3 Å². The molecule has 1 N–H and O–H groups in total. The number of carbonyl (C=O) groups is 2. The van der Waals surface area contributed by atoms with Gasteiger partial charge in [-0.25, -0.2) is 0 Å². The highest BCUT2D eigenvalue weighted by Crippen LogP contribution is 2.20. The molecule has 0 radical (unpaired) electrons. The van der Waals surface area contributed by atoms with Gasteiger partial charge in [-0.1, -0.05) is 17.7 Å². The fourth-order valence-corrected chi connectivity index (χ4v) is 3.86. The molecule has 0 bridgehead atoms. The third-order valence-corrected chi connectivity index (χ3v) is 5.68. The molecule has 1 saturated heterocycles. The molecule has 1 aromatic heterocycles. The summed E-state index contributed by atoms with van der Waals surface area (Å²) in [6, 6.07) is 11.0. The number of thiophene rings is 1. The molecule has 6 heteroatoms. The highest BCUT2D eigenvalue weighted by Gasteiger charge is 2.27. The lowest BCUT2D eigenvalue weighted by atomic mass is 9.95. The van der Waals surface area contributed by atoms with E-state index in [4.69, 9.17) is 11.6 Å². The van der Waals surface area contributed by atoms with Crippen LogP contribution in [0.4, 0.5) is 0 Å². The molecule has 0 aliphatic carbocycles. The molecule has 0 atom stereocenters. The van der Waals surface area contributed by atoms with E-state index in [1.165, 1.54) is 4.88 Å². The van der Waals surface area contributed by atoms with Gasteiger partial charge in [0.25, 0.3) is 5.91 Å². The normalized spacial score (nSPS) is 15.2. The van der Waals surface area contributed by atoms with Crippen molar-refractivity contribution in [2.24, 2.45) is 5.92 Å². The Kier molecular flexibility index (Phi) is 6.10. The lowest BCUT2D eigenvalue weighted by Crippen LogP contribution is -2.43. The van der Waals surface area contributed by atoms with Crippen LogP contribution < -0.4 is 5.32 Å². The molecule has 0 spiro atoms. The van der Waals surface area contributed by atoms with Gasteiger partial charge in [0.15, 0.2) is 0 Å². The number of piperidine rings is 1. The third kappa shape index (κ3) is 4.83. The molecule has 1 aromatic carbocycles. The maximum Gasteiger partial charge on any atom is 0.253 e. The monoisotopic (exact) mass is 376 g/mol. The van der Waals surface area contributed by atoms with Gasteiger partial charge in [0.1, 0.15) is 0 Å². The van der Waals surface area contributed by atoms with Crippen molar-refractivity contribution in [1.29, 1.82) is 0 Å². The Morgan fingerprint density at radius 2 is 1.88 bits per heavy atom. The van der Waals surface area contributed by atoms with Gasteiger partial charge < -0.3 is 10.2 Å². The number of nitrogens with zero attached hydrogens (tertiary/aromatic N) is 1. The first-order chi connectivity index (χ1) is 12.1. The van der Waals surface area contributed by atoms with Gasteiger partial charge in [-0.15, -0.1) is 11.3 Å². The number of benzene rings is 1. The van der Waals surface area contributed by atoms with Crippen LogP contribution >= 0.6 is 22.9 Å². The Hall–Kier alpha value is -1.85. The zero-order valence-corrected chi connectivity index (χ0v) is 15.5. The van der Waals surface area contributed by atoms with E-state index in [1.54, 1.807) is 35.6 Å². The van der Waals surface area contributed by atoms with E-state index >= 15 is 0 Å². The van der Waals surface area contributed by atoms with Crippen LogP contribution in [0.3, 0.4) is 0 Å². The largest absolute Gasteiger partial charge is 0.355 e. The second-order valence-electron chi connectivity index (χ2n) is 6.19. The topological polar surface area (TPSA) is 49.4 Å². The molecule has 132 valence electrons. The van der Waals surface area contributed by atoms with Crippen molar-refractivity contribution in [3.05, 3.63) is 57.2 Å². The van der Waals surface area contributed by atoms with Crippen LogP contribution in [0.15, 0.2) is 41.8 Å². The van der Waals surface area contributed by atoms with Gasteiger partial charge in [0.05, 0.1) is 0 Å². The summed E-state index contributed by atoms with van der Waals surface area (Å²) in [4.78, 5) is 27.9. The summed E-state index contributed by atoms with van der Waals surface area (Å²) in [6.45, 7) is 1.90. The maximum absolute atomic E-state index is 12.5. The lowest BCUT2D eigenvalue weighted by Gasteiger charge is -2.31. The van der Waals surface area contributed by atoms with Crippen molar-refractivity contribution in [1.82, 2.24) is 10.2 Å². The van der Waals surface area contributed by atoms with Crippen LogP contribution in [0.25, 0.3) is 0 Å². The summed E-state index contributed by atoms with van der Waals surface area (Å²) in [7, 11) is 0. The van der Waals surface area contributed by atoms with E-state index in [9.17, 15) is 9.59 Å². The Bertz CT molecular complexity index is 708. The summed E-state index contributed by atoms with van der Waals surface area (Å²) in [5, 5.41) is 5.69. The van der Waals surface area contributed by atoms with E-state index in [2.05, 4.69) is 11.4 Å². The number of nitrogens with one attached hydrogen (secondary N) is 1. The number of hydrogen-bond donors (Lipinski definition) is 1. The molecule has 2 heterocycles.